The van der Waals surface area contributed by atoms with Crippen molar-refractivity contribution in [3.05, 3.63) is 28.3 Å². The molecular weight excluding hydrogens is 254 g/mol. The van der Waals surface area contributed by atoms with Gasteiger partial charge < -0.3 is 10.6 Å². The van der Waals surface area contributed by atoms with E-state index in [-0.39, 0.29) is 22.1 Å². The highest BCUT2D eigenvalue weighted by atomic mass is 16.6. The Bertz CT molecular complexity index is 500. The predicted molar refractivity (Wildman–Crippen MR) is 82.3 cm³/mol. The van der Waals surface area contributed by atoms with Crippen LogP contribution in [0.3, 0.4) is 0 Å². The Balaban J connectivity index is 2.31. The average Bonchev–Trinajstić information content (AvgIpc) is 2.40. The maximum absolute atomic E-state index is 11.3. The second-order valence-electron chi connectivity index (χ2n) is 6.14. The molecule has 0 amide bonds. The standard InChI is InChI=1S/C15H23N3O2/c1-15(2)10-5-4-9-13(15)17-12-8-6-7-11(16-3)14(12)18(19)20/h6-8,13,16-17H,4-5,9-10H2,1-3H3. The van der Waals surface area contributed by atoms with Gasteiger partial charge in [0.05, 0.1) is 4.92 Å². The highest BCUT2D eigenvalue weighted by Gasteiger charge is 2.33. The number of para-hydroxylation sites is 1. The van der Waals surface area contributed by atoms with Crippen LogP contribution in [-0.2, 0) is 0 Å². The van der Waals surface area contributed by atoms with Gasteiger partial charge in [0, 0.05) is 13.1 Å². The summed E-state index contributed by atoms with van der Waals surface area (Å²) in [5, 5.41) is 17.6. The van der Waals surface area contributed by atoms with Gasteiger partial charge in [-0.25, -0.2) is 0 Å². The summed E-state index contributed by atoms with van der Waals surface area (Å²) in [5.41, 5.74) is 1.47. The fraction of sp³-hybridized carbons (Fsp3) is 0.600. The lowest BCUT2D eigenvalue weighted by Crippen LogP contribution is -2.39. The molecule has 110 valence electrons. The molecule has 0 bridgehead atoms. The second kappa shape index (κ2) is 5.69. The molecule has 1 aliphatic carbocycles. The lowest BCUT2D eigenvalue weighted by atomic mass is 9.73. The van der Waals surface area contributed by atoms with Crippen molar-refractivity contribution in [2.24, 2.45) is 5.41 Å². The second-order valence-corrected chi connectivity index (χ2v) is 6.14. The van der Waals surface area contributed by atoms with E-state index in [2.05, 4.69) is 24.5 Å². The van der Waals surface area contributed by atoms with Crippen LogP contribution in [0.15, 0.2) is 18.2 Å². The third-order valence-electron chi connectivity index (χ3n) is 4.32. The highest BCUT2D eigenvalue weighted by molar-refractivity contribution is 5.76. The first-order chi connectivity index (χ1) is 9.45. The van der Waals surface area contributed by atoms with Gasteiger partial charge in [-0.05, 0) is 30.4 Å². The van der Waals surface area contributed by atoms with Crippen molar-refractivity contribution >= 4 is 17.1 Å². The molecule has 5 heteroatoms. The van der Waals surface area contributed by atoms with Crippen LogP contribution >= 0.6 is 0 Å². The minimum Gasteiger partial charge on any atom is -0.382 e. The summed E-state index contributed by atoms with van der Waals surface area (Å²) in [6.45, 7) is 4.47. The van der Waals surface area contributed by atoms with E-state index < -0.39 is 0 Å². The first kappa shape index (κ1) is 14.6. The fourth-order valence-corrected chi connectivity index (χ4v) is 3.01. The number of rotatable bonds is 4. The molecule has 1 aliphatic rings. The minimum atomic E-state index is -0.315. The molecule has 0 aliphatic heterocycles. The van der Waals surface area contributed by atoms with Gasteiger partial charge in [-0.2, -0.15) is 0 Å². The number of nitro groups is 1. The van der Waals surface area contributed by atoms with Crippen LogP contribution in [0, 0.1) is 15.5 Å². The molecule has 0 saturated heterocycles. The fourth-order valence-electron chi connectivity index (χ4n) is 3.01. The van der Waals surface area contributed by atoms with Crippen molar-refractivity contribution in [1.29, 1.82) is 0 Å². The van der Waals surface area contributed by atoms with E-state index in [1.165, 1.54) is 12.8 Å². The normalized spacial score (nSPS) is 21.2. The van der Waals surface area contributed by atoms with Crippen LogP contribution < -0.4 is 10.6 Å². The molecule has 1 saturated carbocycles. The molecule has 5 nitrogen and oxygen atoms in total. The molecular formula is C15H23N3O2. The number of benzene rings is 1. The molecule has 1 fully saturated rings. The van der Waals surface area contributed by atoms with Crippen LogP contribution in [0.2, 0.25) is 0 Å². The van der Waals surface area contributed by atoms with E-state index in [1.54, 1.807) is 19.2 Å². The highest BCUT2D eigenvalue weighted by Crippen LogP contribution is 2.40. The van der Waals surface area contributed by atoms with Gasteiger partial charge in [0.1, 0.15) is 11.4 Å². The Labute approximate surface area is 119 Å². The Morgan fingerprint density at radius 3 is 2.60 bits per heavy atom. The third-order valence-corrected chi connectivity index (χ3v) is 4.32. The zero-order chi connectivity index (χ0) is 14.8. The van der Waals surface area contributed by atoms with Gasteiger partial charge in [0.2, 0.25) is 0 Å². The SMILES string of the molecule is CNc1cccc(NC2CCCCC2(C)C)c1[N+](=O)[O-]. The lowest BCUT2D eigenvalue weighted by molar-refractivity contribution is -0.383. The van der Waals surface area contributed by atoms with Gasteiger partial charge in [-0.1, -0.05) is 32.8 Å². The molecule has 1 atom stereocenters. The number of nitrogens with one attached hydrogen (secondary N) is 2. The van der Waals surface area contributed by atoms with Crippen molar-refractivity contribution < 1.29 is 4.92 Å². The molecule has 20 heavy (non-hydrogen) atoms. The van der Waals surface area contributed by atoms with E-state index in [0.29, 0.717) is 11.4 Å². The van der Waals surface area contributed by atoms with E-state index >= 15 is 0 Å². The van der Waals surface area contributed by atoms with Gasteiger partial charge in [-0.3, -0.25) is 10.1 Å². The number of hydrogen-bond donors (Lipinski definition) is 2. The molecule has 1 aromatic carbocycles. The quantitative estimate of drug-likeness (QED) is 0.644. The zero-order valence-corrected chi connectivity index (χ0v) is 12.4. The summed E-state index contributed by atoms with van der Waals surface area (Å²) in [6, 6.07) is 5.65. The van der Waals surface area contributed by atoms with Gasteiger partial charge in [0.25, 0.3) is 0 Å². The van der Waals surface area contributed by atoms with Crippen LogP contribution in [0.4, 0.5) is 17.1 Å². The Hall–Kier alpha value is -1.78. The smallest absolute Gasteiger partial charge is 0.315 e. The number of hydrogen-bond acceptors (Lipinski definition) is 4. The van der Waals surface area contributed by atoms with Gasteiger partial charge in [-0.15, -0.1) is 0 Å². The first-order valence-electron chi connectivity index (χ1n) is 7.17. The zero-order valence-electron chi connectivity index (χ0n) is 12.4. The Morgan fingerprint density at radius 2 is 2.00 bits per heavy atom. The maximum atomic E-state index is 11.3. The summed E-state index contributed by atoms with van der Waals surface area (Å²) in [7, 11) is 1.71. The van der Waals surface area contributed by atoms with Crippen molar-refractivity contribution in [2.75, 3.05) is 17.7 Å². The number of nitrogens with zero attached hydrogens (tertiary/aromatic N) is 1. The van der Waals surface area contributed by atoms with Crippen molar-refractivity contribution in [3.63, 3.8) is 0 Å². The summed E-state index contributed by atoms with van der Waals surface area (Å²) < 4.78 is 0. The van der Waals surface area contributed by atoms with E-state index in [4.69, 9.17) is 0 Å². The molecule has 1 aromatic rings. The molecule has 0 aromatic heterocycles. The molecule has 0 heterocycles. The molecule has 1 unspecified atom stereocenters. The minimum absolute atomic E-state index is 0.136. The summed E-state index contributed by atoms with van der Waals surface area (Å²) >= 11 is 0. The van der Waals surface area contributed by atoms with Crippen molar-refractivity contribution in [3.8, 4) is 0 Å². The number of anilines is 2. The Morgan fingerprint density at radius 1 is 1.30 bits per heavy atom. The van der Waals surface area contributed by atoms with Gasteiger partial charge in [0.15, 0.2) is 0 Å². The number of nitro benzene ring substituents is 1. The molecule has 0 spiro atoms. The predicted octanol–water partition coefficient (Wildman–Crippen LogP) is 4.02. The molecule has 2 rings (SSSR count). The van der Waals surface area contributed by atoms with E-state index in [9.17, 15) is 10.1 Å². The van der Waals surface area contributed by atoms with Crippen LogP contribution in [0.1, 0.15) is 39.5 Å². The summed E-state index contributed by atoms with van der Waals surface area (Å²) in [4.78, 5) is 11.0. The summed E-state index contributed by atoms with van der Waals surface area (Å²) in [6.07, 6.45) is 4.64. The van der Waals surface area contributed by atoms with Crippen molar-refractivity contribution in [1.82, 2.24) is 0 Å². The topological polar surface area (TPSA) is 67.2 Å². The molecule has 2 N–H and O–H groups in total. The molecule has 0 radical (unpaired) electrons. The van der Waals surface area contributed by atoms with Crippen LogP contribution in [0.5, 0.6) is 0 Å². The monoisotopic (exact) mass is 277 g/mol. The lowest BCUT2D eigenvalue weighted by Gasteiger charge is -2.39. The maximum Gasteiger partial charge on any atom is 0.315 e. The van der Waals surface area contributed by atoms with Crippen LogP contribution in [0.25, 0.3) is 0 Å². The van der Waals surface area contributed by atoms with Crippen molar-refractivity contribution in [2.45, 2.75) is 45.6 Å². The summed E-state index contributed by atoms with van der Waals surface area (Å²) in [5.74, 6) is 0. The average molecular weight is 277 g/mol. The van der Waals surface area contributed by atoms with Gasteiger partial charge >= 0.3 is 5.69 Å². The van der Waals surface area contributed by atoms with Crippen LogP contribution in [-0.4, -0.2) is 18.0 Å². The third kappa shape index (κ3) is 2.86. The largest absolute Gasteiger partial charge is 0.382 e. The Kier molecular flexibility index (Phi) is 4.16. The van der Waals surface area contributed by atoms with E-state index in [0.717, 1.165) is 12.8 Å². The first-order valence-corrected chi connectivity index (χ1v) is 7.17. The van der Waals surface area contributed by atoms with E-state index in [1.807, 2.05) is 6.07 Å².